The molecule has 0 amide bonds. The third-order valence-corrected chi connectivity index (χ3v) is 10.0. The Morgan fingerprint density at radius 1 is 0.543 bits per heavy atom. The van der Waals surface area contributed by atoms with Crippen molar-refractivity contribution in [3.05, 3.63) is 70.8 Å². The maximum atomic E-state index is 11.8. The Labute approximate surface area is 269 Å². The van der Waals surface area contributed by atoms with Gasteiger partial charge in [-0.2, -0.15) is 0 Å². The Hall–Kier alpha value is -4.36. The monoisotopic (exact) mass is 621 g/mol. The summed E-state index contributed by atoms with van der Waals surface area (Å²) in [4.78, 5) is 47.0. The van der Waals surface area contributed by atoms with Crippen LogP contribution in [0.15, 0.2) is 48.5 Å². The first-order valence-electron chi connectivity index (χ1n) is 16.4. The van der Waals surface area contributed by atoms with Crippen LogP contribution in [0.25, 0.3) is 43.1 Å². The molecule has 240 valence electrons. The third-order valence-electron chi connectivity index (χ3n) is 10.0. The lowest BCUT2D eigenvalue weighted by Gasteiger charge is -2.22. The third kappa shape index (κ3) is 6.47. The largest absolute Gasteiger partial charge is 0.478 e. The van der Waals surface area contributed by atoms with E-state index in [2.05, 4.69) is 20.8 Å². The predicted octanol–water partition coefficient (Wildman–Crippen LogP) is 9.12. The van der Waals surface area contributed by atoms with Crippen molar-refractivity contribution in [3.8, 4) is 0 Å². The van der Waals surface area contributed by atoms with Gasteiger partial charge in [0.15, 0.2) is 12.6 Å². The molecule has 2 aliphatic rings. The molecule has 7 rings (SSSR count). The summed E-state index contributed by atoms with van der Waals surface area (Å²) in [6.07, 6.45) is 12.3. The topological polar surface area (TPSA) is 135 Å². The molecule has 2 fully saturated rings. The van der Waals surface area contributed by atoms with Crippen LogP contribution in [0.1, 0.15) is 114 Å². The van der Waals surface area contributed by atoms with E-state index < -0.39 is 11.9 Å². The van der Waals surface area contributed by atoms with E-state index in [4.69, 9.17) is 5.73 Å². The minimum absolute atomic E-state index is 0.0176. The van der Waals surface area contributed by atoms with Crippen molar-refractivity contribution < 1.29 is 29.4 Å². The van der Waals surface area contributed by atoms with Crippen LogP contribution in [-0.4, -0.2) is 40.8 Å². The molecule has 0 saturated heterocycles. The fraction of sp³-hybridized carbons (Fsp3) is 0.385. The number of fused-ring (bicyclic) bond motifs is 2. The molecule has 0 atom stereocenters. The van der Waals surface area contributed by atoms with E-state index in [1.165, 1.54) is 63.5 Å². The second-order valence-corrected chi connectivity index (χ2v) is 13.5. The van der Waals surface area contributed by atoms with Crippen LogP contribution in [0.3, 0.4) is 0 Å². The number of hydrogen-bond donors (Lipinski definition) is 3. The van der Waals surface area contributed by atoms with E-state index in [1.807, 2.05) is 0 Å². The summed E-state index contributed by atoms with van der Waals surface area (Å²) in [7, 11) is 0. The maximum Gasteiger partial charge on any atom is 0.336 e. The quantitative estimate of drug-likeness (QED) is 0.103. The molecule has 0 radical (unpaired) electrons. The molecule has 2 aliphatic carbocycles. The molecular weight excluding hydrogens is 578 g/mol. The zero-order valence-electron chi connectivity index (χ0n) is 26.8. The van der Waals surface area contributed by atoms with Crippen molar-refractivity contribution in [2.75, 3.05) is 0 Å². The lowest BCUT2D eigenvalue weighted by molar-refractivity contribution is 0.0688. The fourth-order valence-corrected chi connectivity index (χ4v) is 7.21. The van der Waals surface area contributed by atoms with Crippen LogP contribution in [0.5, 0.6) is 0 Å². The molecule has 0 bridgehead atoms. The molecule has 0 spiro atoms. The number of carbonyl (C=O) groups excluding carboxylic acids is 2. The van der Waals surface area contributed by atoms with Crippen molar-refractivity contribution in [1.82, 2.24) is 0 Å². The molecule has 7 heteroatoms. The van der Waals surface area contributed by atoms with E-state index in [1.54, 1.807) is 36.4 Å². The number of aldehydes is 2. The van der Waals surface area contributed by atoms with Crippen LogP contribution in [0, 0.1) is 17.8 Å². The van der Waals surface area contributed by atoms with E-state index in [-0.39, 0.29) is 22.3 Å². The molecule has 0 aliphatic heterocycles. The minimum Gasteiger partial charge on any atom is -0.478 e. The fourth-order valence-electron chi connectivity index (χ4n) is 7.21. The van der Waals surface area contributed by atoms with Gasteiger partial charge in [0.05, 0.1) is 11.1 Å². The standard InChI is InChI=1S/C24H12O6.C8H16.C7H15N/c25-9-11-1-3-13-15-5-8-18(24(29)30)20-12(10-26)2-4-14(22(15)20)16-6-7-17(23(27)28)19(11)21(13)16;1-7-3-5-8(2)6-4-7;1-6-2-4-7(8)5-3-6/h1-10H,(H,27,28)(H,29,30);7-8H,3-6H2,1-2H3;6-7H,2-5,8H2,1H3. The number of carbonyl (C=O) groups is 4. The highest BCUT2D eigenvalue weighted by Crippen LogP contribution is 2.43. The van der Waals surface area contributed by atoms with Crippen LogP contribution >= 0.6 is 0 Å². The number of hydrogen-bond acceptors (Lipinski definition) is 5. The first-order valence-corrected chi connectivity index (χ1v) is 16.4. The Morgan fingerprint density at radius 3 is 1.13 bits per heavy atom. The molecule has 0 unspecified atom stereocenters. The number of rotatable bonds is 4. The second-order valence-electron chi connectivity index (χ2n) is 13.5. The van der Waals surface area contributed by atoms with Gasteiger partial charge < -0.3 is 15.9 Å². The smallest absolute Gasteiger partial charge is 0.336 e. The molecule has 0 heterocycles. The molecule has 5 aromatic rings. The normalized spacial score (nSPS) is 21.3. The van der Waals surface area contributed by atoms with Gasteiger partial charge in [-0.05, 0) is 87.9 Å². The number of benzene rings is 5. The van der Waals surface area contributed by atoms with Gasteiger partial charge in [0.1, 0.15) is 0 Å². The van der Waals surface area contributed by atoms with Crippen LogP contribution in [-0.2, 0) is 0 Å². The van der Waals surface area contributed by atoms with Gasteiger partial charge in [0.2, 0.25) is 0 Å². The molecule has 7 nitrogen and oxygen atoms in total. The lowest BCUT2D eigenvalue weighted by atomic mass is 9.84. The maximum absolute atomic E-state index is 11.8. The lowest BCUT2D eigenvalue weighted by Crippen LogP contribution is -2.25. The van der Waals surface area contributed by atoms with Gasteiger partial charge in [0.25, 0.3) is 0 Å². The molecular formula is C39H43NO6. The van der Waals surface area contributed by atoms with E-state index in [0.717, 1.165) is 17.8 Å². The number of aromatic carboxylic acids is 2. The Balaban J connectivity index is 0.000000212. The molecule has 4 N–H and O–H groups in total. The Bertz CT molecular complexity index is 1730. The summed E-state index contributed by atoms with van der Waals surface area (Å²) in [5.74, 6) is 0.692. The van der Waals surface area contributed by atoms with E-state index >= 15 is 0 Å². The van der Waals surface area contributed by atoms with Gasteiger partial charge in [-0.1, -0.05) is 82.9 Å². The highest BCUT2D eigenvalue weighted by atomic mass is 16.4. The molecule has 2 saturated carbocycles. The summed E-state index contributed by atoms with van der Waals surface area (Å²) in [6.45, 7) is 7.05. The van der Waals surface area contributed by atoms with Gasteiger partial charge in [-0.3, -0.25) is 9.59 Å². The summed E-state index contributed by atoms with van der Waals surface area (Å²) >= 11 is 0. The van der Waals surface area contributed by atoms with Crippen molar-refractivity contribution in [1.29, 1.82) is 0 Å². The number of carboxylic acids is 2. The molecule has 46 heavy (non-hydrogen) atoms. The van der Waals surface area contributed by atoms with E-state index in [9.17, 15) is 29.4 Å². The Kier molecular flexibility index (Phi) is 10.0. The van der Waals surface area contributed by atoms with Crippen molar-refractivity contribution in [2.24, 2.45) is 23.5 Å². The summed E-state index contributed by atoms with van der Waals surface area (Å²) in [5, 5.41) is 24.0. The highest BCUT2D eigenvalue weighted by molar-refractivity contribution is 6.37. The van der Waals surface area contributed by atoms with Gasteiger partial charge in [0, 0.05) is 27.9 Å². The zero-order chi connectivity index (χ0) is 33.1. The molecule has 5 aromatic carbocycles. The minimum atomic E-state index is -1.14. The second kappa shape index (κ2) is 14.0. The van der Waals surface area contributed by atoms with Crippen LogP contribution < -0.4 is 5.73 Å². The summed E-state index contributed by atoms with van der Waals surface area (Å²) in [5.41, 5.74) is 6.26. The highest BCUT2D eigenvalue weighted by Gasteiger charge is 2.22. The predicted molar refractivity (Wildman–Crippen MR) is 185 cm³/mol. The number of carboxylic acid groups (broad SMARTS) is 2. The van der Waals surface area contributed by atoms with Gasteiger partial charge >= 0.3 is 11.9 Å². The van der Waals surface area contributed by atoms with Crippen molar-refractivity contribution in [3.63, 3.8) is 0 Å². The van der Waals surface area contributed by atoms with Gasteiger partial charge in [-0.25, -0.2) is 9.59 Å². The Morgan fingerprint density at radius 2 is 0.848 bits per heavy atom. The summed E-state index contributed by atoms with van der Waals surface area (Å²) < 4.78 is 0. The van der Waals surface area contributed by atoms with Crippen molar-refractivity contribution in [2.45, 2.75) is 78.2 Å². The van der Waals surface area contributed by atoms with Crippen LogP contribution in [0.2, 0.25) is 0 Å². The summed E-state index contributed by atoms with van der Waals surface area (Å²) in [6, 6.07) is 13.3. The first-order chi connectivity index (χ1) is 22.0. The average molecular weight is 622 g/mol. The van der Waals surface area contributed by atoms with Crippen LogP contribution in [0.4, 0.5) is 0 Å². The SMILES string of the molecule is CC1CCC(C)CC1.CC1CCC(N)CC1.O=Cc1ccc2c3ccc(C(=O)O)c4c(C=O)ccc(c5ccc(C(=O)O)c1c25)c43. The first kappa shape index (κ1) is 33.0. The molecule has 0 aromatic heterocycles. The van der Waals surface area contributed by atoms with Crippen molar-refractivity contribution >= 4 is 67.6 Å². The number of nitrogens with two attached hydrogens (primary N) is 1. The average Bonchev–Trinajstić information content (AvgIpc) is 3.05. The zero-order valence-corrected chi connectivity index (χ0v) is 26.8. The van der Waals surface area contributed by atoms with Gasteiger partial charge in [-0.15, -0.1) is 0 Å². The van der Waals surface area contributed by atoms with E-state index in [0.29, 0.717) is 61.7 Å².